The van der Waals surface area contributed by atoms with Gasteiger partial charge in [0.05, 0.1) is 5.69 Å². The summed E-state index contributed by atoms with van der Waals surface area (Å²) in [5.41, 5.74) is 0.745. The minimum atomic E-state index is -0.396. The fraction of sp³-hybridized carbons (Fsp3) is 0.500. The van der Waals surface area contributed by atoms with Crippen LogP contribution in [0, 0.1) is 5.92 Å². The third kappa shape index (κ3) is 4.29. The Kier molecular flexibility index (Phi) is 4.76. The number of carbonyl (C=O) groups is 1. The van der Waals surface area contributed by atoms with Crippen molar-refractivity contribution in [2.75, 3.05) is 0 Å². The molecule has 1 heterocycles. The summed E-state index contributed by atoms with van der Waals surface area (Å²) in [6.45, 7) is 6.25. The van der Waals surface area contributed by atoms with Gasteiger partial charge < -0.3 is 10.1 Å². The number of carbonyl (C=O) groups excluding carboxylic acids is 1. The van der Waals surface area contributed by atoms with Crippen LogP contribution in [-0.2, 0) is 11.3 Å². The Hall–Kier alpha value is -1.58. The Balaban J connectivity index is 2.31. The number of nitrogens with zero attached hydrogens (tertiary/aromatic N) is 1. The van der Waals surface area contributed by atoms with Gasteiger partial charge in [-0.3, -0.25) is 4.98 Å². The molecule has 88 valence electrons. The van der Waals surface area contributed by atoms with E-state index < -0.39 is 6.09 Å². The third-order valence-corrected chi connectivity index (χ3v) is 2.42. The Morgan fingerprint density at radius 3 is 2.75 bits per heavy atom. The Labute approximate surface area is 96.0 Å². The predicted octanol–water partition coefficient (Wildman–Crippen LogP) is 2.35. The summed E-state index contributed by atoms with van der Waals surface area (Å²) in [5.74, 6) is 0.391. The fourth-order valence-corrected chi connectivity index (χ4v) is 1.02. The first-order valence-electron chi connectivity index (χ1n) is 5.43. The molecule has 1 aromatic rings. The van der Waals surface area contributed by atoms with Crippen molar-refractivity contribution >= 4 is 6.09 Å². The van der Waals surface area contributed by atoms with Crippen LogP contribution in [0.3, 0.4) is 0 Å². The molecule has 4 nitrogen and oxygen atoms in total. The summed E-state index contributed by atoms with van der Waals surface area (Å²) in [4.78, 5) is 15.4. The summed E-state index contributed by atoms with van der Waals surface area (Å²) < 4.78 is 5.04. The molecule has 0 saturated heterocycles. The zero-order valence-electron chi connectivity index (χ0n) is 9.93. The number of hydrogen-bond acceptors (Lipinski definition) is 3. The van der Waals surface area contributed by atoms with Crippen LogP contribution < -0.4 is 5.32 Å². The van der Waals surface area contributed by atoms with Gasteiger partial charge in [-0.1, -0.05) is 19.9 Å². The molecule has 0 aliphatic rings. The highest BCUT2D eigenvalue weighted by Gasteiger charge is 2.11. The first-order chi connectivity index (χ1) is 7.59. The number of aromatic nitrogens is 1. The largest absolute Gasteiger partial charge is 0.443 e. The second kappa shape index (κ2) is 6.10. The average Bonchev–Trinajstić information content (AvgIpc) is 2.27. The molecular weight excluding hydrogens is 204 g/mol. The van der Waals surface area contributed by atoms with Crippen molar-refractivity contribution in [2.24, 2.45) is 5.92 Å². The second-order valence-corrected chi connectivity index (χ2v) is 4.07. The van der Waals surface area contributed by atoms with Crippen LogP contribution in [0.5, 0.6) is 0 Å². The maximum atomic E-state index is 11.4. The minimum Gasteiger partial charge on any atom is -0.443 e. The smallest absolute Gasteiger partial charge is 0.407 e. The average molecular weight is 222 g/mol. The molecule has 0 aliphatic heterocycles. The molecule has 1 N–H and O–H groups in total. The molecule has 1 aromatic heterocycles. The van der Waals surface area contributed by atoms with Crippen LogP contribution >= 0.6 is 0 Å². The maximum absolute atomic E-state index is 11.4. The van der Waals surface area contributed by atoms with Gasteiger partial charge in [0.1, 0.15) is 6.61 Å². The van der Waals surface area contributed by atoms with E-state index in [2.05, 4.69) is 10.3 Å². The van der Waals surface area contributed by atoms with Crippen LogP contribution in [0.1, 0.15) is 26.5 Å². The van der Waals surface area contributed by atoms with E-state index in [0.29, 0.717) is 5.92 Å². The molecule has 0 fully saturated rings. The molecule has 4 heteroatoms. The van der Waals surface area contributed by atoms with Gasteiger partial charge in [-0.15, -0.1) is 0 Å². The molecule has 0 aliphatic carbocycles. The lowest BCUT2D eigenvalue weighted by Crippen LogP contribution is -2.36. The minimum absolute atomic E-state index is 0.108. The Morgan fingerprint density at radius 2 is 2.19 bits per heavy atom. The highest BCUT2D eigenvalue weighted by Crippen LogP contribution is 2.01. The summed E-state index contributed by atoms with van der Waals surface area (Å²) >= 11 is 0. The van der Waals surface area contributed by atoms with Gasteiger partial charge in [0.25, 0.3) is 0 Å². The number of alkyl carbamates (subject to hydrolysis) is 1. The quantitative estimate of drug-likeness (QED) is 0.850. The maximum Gasteiger partial charge on any atom is 0.407 e. The lowest BCUT2D eigenvalue weighted by Gasteiger charge is -2.16. The van der Waals surface area contributed by atoms with Crippen molar-refractivity contribution in [2.45, 2.75) is 33.4 Å². The lowest BCUT2D eigenvalue weighted by molar-refractivity contribution is 0.132. The van der Waals surface area contributed by atoms with E-state index in [1.165, 1.54) is 0 Å². The van der Waals surface area contributed by atoms with Crippen LogP contribution in [0.25, 0.3) is 0 Å². The fourth-order valence-electron chi connectivity index (χ4n) is 1.02. The first-order valence-corrected chi connectivity index (χ1v) is 5.43. The van der Waals surface area contributed by atoms with Gasteiger partial charge in [0.2, 0.25) is 0 Å². The number of amides is 1. The van der Waals surface area contributed by atoms with E-state index >= 15 is 0 Å². The molecule has 0 saturated carbocycles. The van der Waals surface area contributed by atoms with Crippen LogP contribution in [0.4, 0.5) is 4.79 Å². The zero-order chi connectivity index (χ0) is 12.0. The van der Waals surface area contributed by atoms with Crippen molar-refractivity contribution in [1.29, 1.82) is 0 Å². The highest BCUT2D eigenvalue weighted by molar-refractivity contribution is 5.67. The molecule has 0 unspecified atom stereocenters. The third-order valence-electron chi connectivity index (χ3n) is 2.42. The molecule has 1 atom stereocenters. The van der Waals surface area contributed by atoms with Gasteiger partial charge in [0, 0.05) is 12.2 Å². The molecular formula is C12H18N2O2. The van der Waals surface area contributed by atoms with Gasteiger partial charge in [0.15, 0.2) is 0 Å². The number of rotatable bonds is 4. The SMILES string of the molecule is CC(C)[C@H](C)NC(=O)OCc1ccccn1. The second-order valence-electron chi connectivity index (χ2n) is 4.07. The first kappa shape index (κ1) is 12.5. The number of ether oxygens (including phenoxy) is 1. The summed E-state index contributed by atoms with van der Waals surface area (Å²) in [5, 5.41) is 2.76. The van der Waals surface area contributed by atoms with E-state index in [9.17, 15) is 4.79 Å². The highest BCUT2D eigenvalue weighted by atomic mass is 16.5. The lowest BCUT2D eigenvalue weighted by atomic mass is 10.1. The molecule has 0 bridgehead atoms. The van der Waals surface area contributed by atoms with Crippen molar-refractivity contribution in [3.05, 3.63) is 30.1 Å². The van der Waals surface area contributed by atoms with E-state index in [4.69, 9.17) is 4.74 Å². The van der Waals surface area contributed by atoms with Crippen molar-refractivity contribution in [3.8, 4) is 0 Å². The number of pyridine rings is 1. The van der Waals surface area contributed by atoms with Crippen molar-refractivity contribution in [3.63, 3.8) is 0 Å². The normalized spacial score (nSPS) is 12.2. The van der Waals surface area contributed by atoms with Gasteiger partial charge in [-0.05, 0) is 25.0 Å². The molecule has 0 spiro atoms. The van der Waals surface area contributed by atoms with Crippen molar-refractivity contribution in [1.82, 2.24) is 10.3 Å². The van der Waals surface area contributed by atoms with Crippen LogP contribution in [-0.4, -0.2) is 17.1 Å². The predicted molar refractivity (Wildman–Crippen MR) is 61.9 cm³/mol. The van der Waals surface area contributed by atoms with Gasteiger partial charge in [-0.2, -0.15) is 0 Å². The van der Waals surface area contributed by atoms with Gasteiger partial charge in [-0.25, -0.2) is 4.79 Å². The monoisotopic (exact) mass is 222 g/mol. The summed E-state index contributed by atoms with van der Waals surface area (Å²) in [6.07, 6.45) is 1.28. The van der Waals surface area contributed by atoms with E-state index in [1.807, 2.05) is 39.0 Å². The standard InChI is InChI=1S/C12H18N2O2/c1-9(2)10(3)14-12(15)16-8-11-6-4-5-7-13-11/h4-7,9-10H,8H2,1-3H3,(H,14,15)/t10-/m0/s1. The summed E-state index contributed by atoms with van der Waals surface area (Å²) in [6, 6.07) is 5.61. The molecule has 1 amide bonds. The van der Waals surface area contributed by atoms with Crippen LogP contribution in [0.15, 0.2) is 24.4 Å². The molecule has 1 rings (SSSR count). The van der Waals surface area contributed by atoms with Gasteiger partial charge >= 0.3 is 6.09 Å². The van der Waals surface area contributed by atoms with Crippen molar-refractivity contribution < 1.29 is 9.53 Å². The van der Waals surface area contributed by atoms with E-state index in [-0.39, 0.29) is 12.6 Å². The van der Waals surface area contributed by atoms with E-state index in [0.717, 1.165) is 5.69 Å². The molecule has 0 radical (unpaired) electrons. The Bertz CT molecular complexity index is 325. The molecule has 16 heavy (non-hydrogen) atoms. The zero-order valence-corrected chi connectivity index (χ0v) is 9.93. The van der Waals surface area contributed by atoms with Crippen LogP contribution in [0.2, 0.25) is 0 Å². The Morgan fingerprint density at radius 1 is 1.44 bits per heavy atom. The number of nitrogens with one attached hydrogen (secondary N) is 1. The topological polar surface area (TPSA) is 51.2 Å². The molecule has 0 aromatic carbocycles. The number of hydrogen-bond donors (Lipinski definition) is 1. The van der Waals surface area contributed by atoms with E-state index in [1.54, 1.807) is 6.20 Å². The summed E-state index contributed by atoms with van der Waals surface area (Å²) in [7, 11) is 0.